The molecule has 1 saturated carbocycles. The van der Waals surface area contributed by atoms with Gasteiger partial charge in [0.1, 0.15) is 0 Å². The fourth-order valence-corrected chi connectivity index (χ4v) is 1.63. The molecule has 0 aliphatic heterocycles. The van der Waals surface area contributed by atoms with Crippen LogP contribution in [-0.4, -0.2) is 17.3 Å². The van der Waals surface area contributed by atoms with Gasteiger partial charge < -0.3 is 10.8 Å². The minimum absolute atomic E-state index is 0.0226. The Kier molecular flexibility index (Phi) is 2.05. The molecule has 0 unspecified atom stereocenters. The predicted octanol–water partition coefficient (Wildman–Crippen LogP) is 1.52. The van der Waals surface area contributed by atoms with Crippen LogP contribution in [0.25, 0.3) is 0 Å². The van der Waals surface area contributed by atoms with Gasteiger partial charge >= 0.3 is 0 Å². The van der Waals surface area contributed by atoms with Gasteiger partial charge in [-0.15, -0.1) is 0 Å². The van der Waals surface area contributed by atoms with Crippen molar-refractivity contribution in [3.8, 4) is 0 Å². The summed E-state index contributed by atoms with van der Waals surface area (Å²) in [6, 6.07) is 0. The van der Waals surface area contributed by atoms with Crippen LogP contribution in [0.2, 0.25) is 0 Å². The van der Waals surface area contributed by atoms with Gasteiger partial charge in [-0.05, 0) is 23.7 Å². The molecule has 0 aromatic heterocycles. The average molecular weight is 171 g/mol. The molecule has 2 nitrogen and oxygen atoms in total. The van der Waals surface area contributed by atoms with Gasteiger partial charge in [-0.2, -0.15) is 0 Å². The molecule has 0 saturated heterocycles. The van der Waals surface area contributed by atoms with Crippen molar-refractivity contribution in [2.24, 2.45) is 16.6 Å². The number of hydrogen-bond donors (Lipinski definition) is 2. The van der Waals surface area contributed by atoms with E-state index in [2.05, 4.69) is 27.7 Å². The van der Waals surface area contributed by atoms with Gasteiger partial charge in [0.25, 0.3) is 0 Å². The topological polar surface area (TPSA) is 46.2 Å². The Labute approximate surface area is 75.2 Å². The van der Waals surface area contributed by atoms with Crippen molar-refractivity contribution in [1.82, 2.24) is 0 Å². The van der Waals surface area contributed by atoms with Crippen molar-refractivity contribution in [2.45, 2.75) is 46.1 Å². The molecule has 12 heavy (non-hydrogen) atoms. The average Bonchev–Trinajstić information content (AvgIpc) is 2.69. The molecule has 0 radical (unpaired) electrons. The minimum Gasteiger partial charge on any atom is -0.396 e. The summed E-state index contributed by atoms with van der Waals surface area (Å²) in [6.45, 7) is 8.70. The van der Waals surface area contributed by atoms with E-state index in [0.717, 1.165) is 12.8 Å². The Morgan fingerprint density at radius 3 is 1.92 bits per heavy atom. The van der Waals surface area contributed by atoms with E-state index in [1.807, 2.05) is 0 Å². The maximum absolute atomic E-state index is 9.27. The first-order valence-electron chi connectivity index (χ1n) is 4.67. The lowest BCUT2D eigenvalue weighted by molar-refractivity contribution is 0.00958. The summed E-state index contributed by atoms with van der Waals surface area (Å²) < 4.78 is 0. The van der Waals surface area contributed by atoms with Gasteiger partial charge in [-0.3, -0.25) is 0 Å². The van der Waals surface area contributed by atoms with E-state index >= 15 is 0 Å². The van der Waals surface area contributed by atoms with Crippen molar-refractivity contribution in [1.29, 1.82) is 0 Å². The molecule has 1 fully saturated rings. The molecule has 1 aliphatic carbocycles. The number of rotatable bonds is 3. The second-order valence-corrected chi connectivity index (χ2v) is 5.32. The summed E-state index contributed by atoms with van der Waals surface area (Å²) >= 11 is 0. The monoisotopic (exact) mass is 171 g/mol. The molecule has 0 heterocycles. The van der Waals surface area contributed by atoms with Crippen molar-refractivity contribution >= 4 is 0 Å². The van der Waals surface area contributed by atoms with Crippen LogP contribution in [0.5, 0.6) is 0 Å². The number of hydrogen-bond acceptors (Lipinski definition) is 2. The first kappa shape index (κ1) is 10.0. The second-order valence-electron chi connectivity index (χ2n) is 5.32. The largest absolute Gasteiger partial charge is 0.396 e. The third kappa shape index (κ3) is 1.17. The SMILES string of the molecule is CC(C)(CO)C(C)(C)C1(N)CC1. The smallest absolute Gasteiger partial charge is 0.0487 e. The molecule has 0 aromatic carbocycles. The summed E-state index contributed by atoms with van der Waals surface area (Å²) in [5, 5.41) is 9.27. The van der Waals surface area contributed by atoms with E-state index in [0.29, 0.717) is 0 Å². The van der Waals surface area contributed by atoms with Crippen molar-refractivity contribution in [3.63, 3.8) is 0 Å². The summed E-state index contributed by atoms with van der Waals surface area (Å²) in [6.07, 6.45) is 2.20. The zero-order chi connectivity index (χ0) is 9.62. The van der Waals surface area contributed by atoms with Crippen molar-refractivity contribution < 1.29 is 5.11 Å². The van der Waals surface area contributed by atoms with Crippen LogP contribution in [0.1, 0.15) is 40.5 Å². The van der Waals surface area contributed by atoms with Gasteiger partial charge in [-0.1, -0.05) is 27.7 Å². The van der Waals surface area contributed by atoms with Crippen LogP contribution in [0.15, 0.2) is 0 Å². The Morgan fingerprint density at radius 2 is 1.67 bits per heavy atom. The highest BCUT2D eigenvalue weighted by Crippen LogP contribution is 2.56. The fraction of sp³-hybridized carbons (Fsp3) is 1.00. The highest BCUT2D eigenvalue weighted by Gasteiger charge is 2.57. The molecule has 72 valence electrons. The van der Waals surface area contributed by atoms with E-state index in [1.54, 1.807) is 0 Å². The minimum atomic E-state index is -0.0851. The molecule has 0 bridgehead atoms. The van der Waals surface area contributed by atoms with Gasteiger partial charge in [0.15, 0.2) is 0 Å². The normalized spacial score (nSPS) is 22.5. The Morgan fingerprint density at radius 1 is 1.25 bits per heavy atom. The Bertz CT molecular complexity index is 180. The number of aliphatic hydroxyl groups excluding tert-OH is 1. The molecule has 2 heteroatoms. The lowest BCUT2D eigenvalue weighted by Crippen LogP contribution is -2.50. The molecule has 0 amide bonds. The van der Waals surface area contributed by atoms with E-state index in [-0.39, 0.29) is 23.0 Å². The van der Waals surface area contributed by atoms with Crippen LogP contribution >= 0.6 is 0 Å². The number of nitrogens with two attached hydrogens (primary N) is 1. The van der Waals surface area contributed by atoms with Crippen molar-refractivity contribution in [3.05, 3.63) is 0 Å². The lowest BCUT2D eigenvalue weighted by atomic mass is 9.63. The van der Waals surface area contributed by atoms with Gasteiger partial charge in [-0.25, -0.2) is 0 Å². The van der Waals surface area contributed by atoms with Crippen LogP contribution < -0.4 is 5.73 Å². The Hall–Kier alpha value is -0.0800. The predicted molar refractivity (Wildman–Crippen MR) is 50.8 cm³/mol. The van der Waals surface area contributed by atoms with Gasteiger partial charge in [0.2, 0.25) is 0 Å². The molecule has 0 spiro atoms. The highest BCUT2D eigenvalue weighted by molar-refractivity contribution is 5.13. The summed E-state index contributed by atoms with van der Waals surface area (Å²) in [5.41, 5.74) is 6.08. The van der Waals surface area contributed by atoms with E-state index in [9.17, 15) is 5.11 Å². The van der Waals surface area contributed by atoms with Crippen LogP contribution in [0.3, 0.4) is 0 Å². The molecule has 0 atom stereocenters. The summed E-state index contributed by atoms with van der Waals surface area (Å²) in [7, 11) is 0. The third-order valence-electron chi connectivity index (χ3n) is 4.12. The van der Waals surface area contributed by atoms with E-state index < -0.39 is 0 Å². The third-order valence-corrected chi connectivity index (χ3v) is 4.12. The first-order chi connectivity index (χ1) is 5.27. The zero-order valence-corrected chi connectivity index (χ0v) is 8.65. The first-order valence-corrected chi connectivity index (χ1v) is 4.67. The van der Waals surface area contributed by atoms with E-state index in [4.69, 9.17) is 5.73 Å². The molecular formula is C10H21NO. The molecule has 0 aromatic rings. The van der Waals surface area contributed by atoms with Crippen molar-refractivity contribution in [2.75, 3.05) is 6.61 Å². The summed E-state index contributed by atoms with van der Waals surface area (Å²) in [5.74, 6) is 0. The number of aliphatic hydroxyl groups is 1. The summed E-state index contributed by atoms with van der Waals surface area (Å²) in [4.78, 5) is 0. The zero-order valence-electron chi connectivity index (χ0n) is 8.65. The maximum atomic E-state index is 9.27. The molecule has 3 N–H and O–H groups in total. The molecule has 1 aliphatic rings. The fourth-order valence-electron chi connectivity index (χ4n) is 1.63. The second kappa shape index (κ2) is 2.46. The van der Waals surface area contributed by atoms with Crippen LogP contribution in [0, 0.1) is 10.8 Å². The van der Waals surface area contributed by atoms with Crippen LogP contribution in [0.4, 0.5) is 0 Å². The highest BCUT2D eigenvalue weighted by atomic mass is 16.3. The molecule has 1 rings (SSSR count). The quantitative estimate of drug-likeness (QED) is 0.676. The lowest BCUT2D eigenvalue weighted by Gasteiger charge is -2.45. The van der Waals surface area contributed by atoms with Gasteiger partial charge in [0.05, 0.1) is 0 Å². The standard InChI is InChI=1S/C10H21NO/c1-8(2,7-12)9(3,4)10(11)5-6-10/h12H,5-7,11H2,1-4H3. The van der Waals surface area contributed by atoms with E-state index in [1.165, 1.54) is 0 Å². The molecular weight excluding hydrogens is 150 g/mol. The maximum Gasteiger partial charge on any atom is 0.0487 e. The van der Waals surface area contributed by atoms with Crippen LogP contribution in [-0.2, 0) is 0 Å². The van der Waals surface area contributed by atoms with Gasteiger partial charge in [0, 0.05) is 12.1 Å². The Balaban J connectivity index is 2.84.